The van der Waals surface area contributed by atoms with E-state index >= 15 is 0 Å². The van der Waals surface area contributed by atoms with E-state index < -0.39 is 0 Å². The molecule has 0 atom stereocenters. The molecule has 1 aliphatic rings. The van der Waals surface area contributed by atoms with Crippen LogP contribution in [0.2, 0.25) is 0 Å². The van der Waals surface area contributed by atoms with Crippen molar-refractivity contribution in [2.75, 3.05) is 0 Å². The second-order valence-electron chi connectivity index (χ2n) is 2.94. The van der Waals surface area contributed by atoms with E-state index in [-0.39, 0.29) is 0 Å². The van der Waals surface area contributed by atoms with Crippen LogP contribution in [0.5, 0.6) is 0 Å². The molecule has 0 aromatic heterocycles. The molecule has 0 unspecified atom stereocenters. The monoisotopic (exact) mass is 159 g/mol. The topological polar surface area (TPSA) is 3.24 Å². The van der Waals surface area contributed by atoms with Gasteiger partial charge < -0.3 is 4.90 Å². The normalized spacial score (nSPS) is 18.2. The summed E-state index contributed by atoms with van der Waals surface area (Å²) in [6, 6.07) is 0. The molecule has 0 amide bonds. The first-order valence-electron chi connectivity index (χ1n) is 4.13. The molecule has 0 aliphatic carbocycles. The van der Waals surface area contributed by atoms with Gasteiger partial charge in [-0.25, -0.2) is 0 Å². The van der Waals surface area contributed by atoms with Crippen LogP contribution < -0.4 is 0 Å². The van der Waals surface area contributed by atoms with Gasteiger partial charge in [-0.15, -0.1) is 0 Å². The average molecular weight is 159 g/mol. The summed E-state index contributed by atoms with van der Waals surface area (Å²) < 4.78 is 0. The average Bonchev–Trinajstić information content (AvgIpc) is 2.08. The highest BCUT2D eigenvalue weighted by atomic mass is 15.1. The van der Waals surface area contributed by atoms with E-state index in [2.05, 4.69) is 38.4 Å². The lowest BCUT2D eigenvalue weighted by molar-refractivity contribution is 0.616. The number of nitrogens with zero attached hydrogens (tertiary/aromatic N) is 1. The van der Waals surface area contributed by atoms with Crippen molar-refractivity contribution in [3.63, 3.8) is 0 Å². The quantitative estimate of drug-likeness (QED) is 0.527. The van der Waals surface area contributed by atoms with Gasteiger partial charge in [0.25, 0.3) is 0 Å². The fraction of sp³-hybridized carbons (Fsp3) is 0.200. The van der Waals surface area contributed by atoms with Crippen molar-refractivity contribution in [1.82, 2.24) is 4.90 Å². The molecule has 0 radical (unpaired) electrons. The first kappa shape index (κ1) is 8.92. The Morgan fingerprint density at radius 3 is 2.92 bits per heavy atom. The lowest BCUT2D eigenvalue weighted by Gasteiger charge is -2.26. The summed E-state index contributed by atoms with van der Waals surface area (Å²) in [7, 11) is 2.08. The third kappa shape index (κ3) is 1.52. The molecule has 62 valence electrons. The zero-order valence-corrected chi connectivity index (χ0v) is 7.96. The number of hydrogen-bond donors (Lipinski definition) is 0. The highest BCUT2D eigenvalue weighted by Crippen LogP contribution is 2.20. The molecule has 2 heteroatoms. The maximum Gasteiger partial charge on any atom is 0.161 e. The summed E-state index contributed by atoms with van der Waals surface area (Å²) in [5.74, 6) is 0. The minimum atomic E-state index is 1.06. The Balaban J connectivity index is 2.91. The first-order valence-corrected chi connectivity index (χ1v) is 4.13. The number of allylic oxidation sites excluding steroid dienone is 4. The van der Waals surface area contributed by atoms with Crippen LogP contribution in [0.1, 0.15) is 13.8 Å². The van der Waals surface area contributed by atoms with Gasteiger partial charge in [0.05, 0.1) is 0 Å². The lowest BCUT2D eigenvalue weighted by Crippen LogP contribution is -2.17. The van der Waals surface area contributed by atoms with E-state index in [1.54, 1.807) is 0 Å². The summed E-state index contributed by atoms with van der Waals surface area (Å²) in [5.41, 5.74) is 3.50. The van der Waals surface area contributed by atoms with Crippen LogP contribution in [0.15, 0.2) is 47.9 Å². The molecule has 1 aliphatic heterocycles. The third-order valence-corrected chi connectivity index (χ3v) is 2.13. The van der Waals surface area contributed by atoms with Crippen molar-refractivity contribution in [3.8, 4) is 0 Å². The highest BCUT2D eigenvalue weighted by Gasteiger charge is 2.09. The molecule has 1 nitrogen and oxygen atoms in total. The van der Waals surface area contributed by atoms with Gasteiger partial charge in [0.2, 0.25) is 0 Å². The zero-order valence-electron chi connectivity index (χ0n) is 7.96. The maximum atomic E-state index is 4.01. The smallest absolute Gasteiger partial charge is 0.161 e. The Morgan fingerprint density at radius 1 is 1.67 bits per heavy atom. The summed E-state index contributed by atoms with van der Waals surface area (Å²) in [6.07, 6.45) is 8.22. The largest absolute Gasteiger partial charge is 0.331 e. The van der Waals surface area contributed by atoms with E-state index in [4.69, 9.17) is 0 Å². The van der Waals surface area contributed by atoms with Crippen LogP contribution in [-0.4, -0.2) is 12.7 Å². The van der Waals surface area contributed by atoms with Crippen LogP contribution >= 0.6 is 0 Å². The molecule has 0 saturated carbocycles. The molecule has 0 aromatic carbocycles. The van der Waals surface area contributed by atoms with E-state index in [0.29, 0.717) is 0 Å². The summed E-state index contributed by atoms with van der Waals surface area (Å²) in [5, 5.41) is 0. The minimum absolute atomic E-state index is 1.06. The van der Waals surface area contributed by atoms with Gasteiger partial charge in [0.1, 0.15) is 0 Å². The van der Waals surface area contributed by atoms with Gasteiger partial charge in [0.15, 0.2) is 7.85 Å². The maximum absolute atomic E-state index is 4.01. The molecule has 0 fully saturated rings. The Labute approximate surface area is 75.2 Å². The summed E-state index contributed by atoms with van der Waals surface area (Å²) in [6.45, 7) is 8.11. The molecule has 1 rings (SSSR count). The van der Waals surface area contributed by atoms with Crippen LogP contribution in [0.25, 0.3) is 0 Å². The van der Waals surface area contributed by atoms with Crippen LogP contribution in [-0.2, 0) is 0 Å². The van der Waals surface area contributed by atoms with Gasteiger partial charge in [0, 0.05) is 11.9 Å². The molecule has 0 aromatic rings. The van der Waals surface area contributed by atoms with Crippen molar-refractivity contribution in [2.24, 2.45) is 0 Å². The fourth-order valence-corrected chi connectivity index (χ4v) is 1.12. The number of hydrogen-bond acceptors (Lipinski definition) is 1. The van der Waals surface area contributed by atoms with Crippen LogP contribution in [0.3, 0.4) is 0 Å². The van der Waals surface area contributed by atoms with Crippen molar-refractivity contribution in [3.05, 3.63) is 47.9 Å². The van der Waals surface area contributed by atoms with E-state index in [9.17, 15) is 0 Å². The van der Waals surface area contributed by atoms with Crippen molar-refractivity contribution in [2.45, 2.75) is 13.8 Å². The molecular formula is C10H14BN. The van der Waals surface area contributed by atoms with Gasteiger partial charge in [-0.1, -0.05) is 18.7 Å². The van der Waals surface area contributed by atoms with Gasteiger partial charge in [-0.3, -0.25) is 0 Å². The lowest BCUT2D eigenvalue weighted by atomic mass is 9.99. The first-order chi connectivity index (χ1) is 5.66. The van der Waals surface area contributed by atoms with Gasteiger partial charge >= 0.3 is 0 Å². The fourth-order valence-electron chi connectivity index (χ4n) is 1.12. The second kappa shape index (κ2) is 3.48. The molecule has 0 spiro atoms. The van der Waals surface area contributed by atoms with Crippen LogP contribution in [0, 0.1) is 0 Å². The number of rotatable bonds is 1. The summed E-state index contributed by atoms with van der Waals surface area (Å²) in [4.78, 5) is 2.09. The Kier molecular flexibility index (Phi) is 2.59. The van der Waals surface area contributed by atoms with E-state index in [1.807, 2.05) is 19.2 Å². The molecule has 0 saturated heterocycles. The Hall–Kier alpha value is -1.18. The van der Waals surface area contributed by atoms with Crippen molar-refractivity contribution >= 4 is 7.85 Å². The molecule has 12 heavy (non-hydrogen) atoms. The molecule has 1 heterocycles. The molecule has 0 bridgehead atoms. The van der Waals surface area contributed by atoms with Gasteiger partial charge in [-0.05, 0) is 31.1 Å². The predicted octanol–water partition coefficient (Wildman–Crippen LogP) is 1.77. The highest BCUT2D eigenvalue weighted by molar-refractivity contribution is 6.21. The standard InChI is InChI=1S/C10H14BN/c1-4-10(11)12-7-5-6-8(2)9(12)3/h4-7H,3,11H2,1-2H3/b10-4-. The molecular weight excluding hydrogens is 145 g/mol. The van der Waals surface area contributed by atoms with Crippen molar-refractivity contribution < 1.29 is 0 Å². The Morgan fingerprint density at radius 2 is 2.33 bits per heavy atom. The third-order valence-electron chi connectivity index (χ3n) is 2.13. The van der Waals surface area contributed by atoms with Crippen molar-refractivity contribution in [1.29, 1.82) is 0 Å². The van der Waals surface area contributed by atoms with E-state index in [0.717, 1.165) is 5.70 Å². The van der Waals surface area contributed by atoms with E-state index in [1.165, 1.54) is 11.2 Å². The second-order valence-corrected chi connectivity index (χ2v) is 2.94. The molecule has 0 N–H and O–H groups in total. The zero-order chi connectivity index (χ0) is 9.14. The Bertz CT molecular complexity index is 284. The van der Waals surface area contributed by atoms with Gasteiger partial charge in [-0.2, -0.15) is 0 Å². The SMILES string of the molecule is B/C(=C/C)N1C=CC=C(C)C1=C. The summed E-state index contributed by atoms with van der Waals surface area (Å²) >= 11 is 0. The van der Waals surface area contributed by atoms with Crippen LogP contribution in [0.4, 0.5) is 0 Å². The minimum Gasteiger partial charge on any atom is -0.331 e. The predicted molar refractivity (Wildman–Crippen MR) is 56.2 cm³/mol.